The van der Waals surface area contributed by atoms with E-state index in [2.05, 4.69) is 22.5 Å². The van der Waals surface area contributed by atoms with E-state index in [4.69, 9.17) is 0 Å². The van der Waals surface area contributed by atoms with Gasteiger partial charge in [-0.05, 0) is 55.1 Å². The van der Waals surface area contributed by atoms with E-state index in [1.54, 1.807) is 11.3 Å². The van der Waals surface area contributed by atoms with Crippen molar-refractivity contribution in [1.29, 1.82) is 0 Å². The zero-order valence-corrected chi connectivity index (χ0v) is 24.5. The smallest absolute Gasteiger partial charge is 0.246 e. The number of nitrogens with one attached hydrogen (secondary N) is 2. The summed E-state index contributed by atoms with van der Waals surface area (Å²) in [5, 5.41) is 16.4. The number of nitrogens with zero attached hydrogens (tertiary/aromatic N) is 2. The van der Waals surface area contributed by atoms with E-state index < -0.39 is 23.6 Å². The second-order valence-corrected chi connectivity index (χ2v) is 13.2. The Morgan fingerprint density at radius 1 is 1.10 bits per heavy atom. The molecule has 2 aliphatic rings. The van der Waals surface area contributed by atoms with Gasteiger partial charge in [-0.1, -0.05) is 52.0 Å². The SMILES string of the molecule is Cc1ncsc1-c1ccc(CNC(=O)[C@@H]2C[C@H](O)CN2C(=O)[C@@H](NC(=O)C2CCC(C)CC2)C(C)(C)C)cc1. The number of amides is 3. The monoisotopic (exact) mass is 554 g/mol. The first-order valence-electron chi connectivity index (χ1n) is 14.0. The first-order valence-corrected chi connectivity index (χ1v) is 14.9. The molecule has 0 unspecified atom stereocenters. The van der Waals surface area contributed by atoms with Gasteiger partial charge in [-0.25, -0.2) is 4.98 Å². The van der Waals surface area contributed by atoms with E-state index in [-0.39, 0.29) is 36.6 Å². The molecule has 2 fully saturated rings. The number of rotatable bonds is 7. The van der Waals surface area contributed by atoms with Crippen LogP contribution in [0.4, 0.5) is 0 Å². The van der Waals surface area contributed by atoms with Crippen LogP contribution in [-0.4, -0.2) is 57.4 Å². The van der Waals surface area contributed by atoms with Crippen molar-refractivity contribution in [3.8, 4) is 10.4 Å². The molecule has 1 aromatic heterocycles. The molecule has 1 aliphatic heterocycles. The number of carbonyl (C=O) groups excluding carboxylic acids is 3. The molecule has 1 aliphatic carbocycles. The summed E-state index contributed by atoms with van der Waals surface area (Å²) in [6, 6.07) is 6.40. The second kappa shape index (κ2) is 12.2. The summed E-state index contributed by atoms with van der Waals surface area (Å²) in [5.74, 6) is -0.176. The number of hydrogen-bond acceptors (Lipinski definition) is 6. The summed E-state index contributed by atoms with van der Waals surface area (Å²) < 4.78 is 0. The van der Waals surface area contributed by atoms with Crippen molar-refractivity contribution in [3.05, 3.63) is 41.0 Å². The Labute approximate surface area is 235 Å². The third-order valence-electron chi connectivity index (χ3n) is 8.08. The molecule has 2 heterocycles. The third kappa shape index (κ3) is 7.06. The van der Waals surface area contributed by atoms with Crippen molar-refractivity contribution < 1.29 is 19.5 Å². The molecule has 4 rings (SSSR count). The lowest BCUT2D eigenvalue weighted by molar-refractivity contribution is -0.144. The van der Waals surface area contributed by atoms with Gasteiger partial charge in [0.05, 0.1) is 22.2 Å². The average Bonchev–Trinajstić information content (AvgIpc) is 3.50. The molecule has 3 atom stereocenters. The van der Waals surface area contributed by atoms with E-state index in [9.17, 15) is 19.5 Å². The molecule has 0 spiro atoms. The Morgan fingerprint density at radius 3 is 2.36 bits per heavy atom. The van der Waals surface area contributed by atoms with Crippen molar-refractivity contribution in [2.45, 2.75) is 91.5 Å². The Hall–Kier alpha value is -2.78. The molecule has 8 nitrogen and oxygen atoms in total. The number of benzene rings is 1. The number of aryl methyl sites for hydroxylation is 1. The molecule has 1 saturated heterocycles. The molecule has 1 aromatic carbocycles. The quantitative estimate of drug-likeness (QED) is 0.478. The number of aromatic nitrogens is 1. The topological polar surface area (TPSA) is 112 Å². The number of aliphatic hydroxyl groups excluding tert-OH is 1. The number of carbonyl (C=O) groups is 3. The Balaban J connectivity index is 1.40. The number of likely N-dealkylation sites (tertiary alicyclic amines) is 1. The van der Waals surface area contributed by atoms with Gasteiger partial charge in [-0.3, -0.25) is 14.4 Å². The van der Waals surface area contributed by atoms with Gasteiger partial charge in [0.15, 0.2) is 0 Å². The van der Waals surface area contributed by atoms with Gasteiger partial charge in [0, 0.05) is 25.4 Å². The maximum absolute atomic E-state index is 13.8. The maximum atomic E-state index is 13.8. The van der Waals surface area contributed by atoms with Crippen LogP contribution in [0.3, 0.4) is 0 Å². The highest BCUT2D eigenvalue weighted by molar-refractivity contribution is 7.13. The van der Waals surface area contributed by atoms with Crippen LogP contribution in [0.25, 0.3) is 10.4 Å². The van der Waals surface area contributed by atoms with Gasteiger partial charge in [0.2, 0.25) is 17.7 Å². The normalized spacial score (nSPS) is 24.3. The Morgan fingerprint density at radius 2 is 1.77 bits per heavy atom. The minimum Gasteiger partial charge on any atom is -0.391 e. The second-order valence-electron chi connectivity index (χ2n) is 12.3. The lowest BCUT2D eigenvalue weighted by Crippen LogP contribution is -2.58. The fourth-order valence-electron chi connectivity index (χ4n) is 5.56. The van der Waals surface area contributed by atoms with E-state index >= 15 is 0 Å². The fraction of sp³-hybridized carbons (Fsp3) is 0.600. The average molecular weight is 555 g/mol. The lowest BCUT2D eigenvalue weighted by Gasteiger charge is -2.36. The Kier molecular flexibility index (Phi) is 9.11. The zero-order chi connectivity index (χ0) is 28.3. The zero-order valence-electron chi connectivity index (χ0n) is 23.7. The minimum absolute atomic E-state index is 0.0726. The summed E-state index contributed by atoms with van der Waals surface area (Å²) in [7, 11) is 0. The minimum atomic E-state index is -0.789. The van der Waals surface area contributed by atoms with Crippen LogP contribution in [0.5, 0.6) is 0 Å². The van der Waals surface area contributed by atoms with Crippen LogP contribution < -0.4 is 10.6 Å². The van der Waals surface area contributed by atoms with Gasteiger partial charge in [-0.15, -0.1) is 11.3 Å². The summed E-state index contributed by atoms with van der Waals surface area (Å²) in [6.45, 7) is 10.3. The van der Waals surface area contributed by atoms with Gasteiger partial charge in [-0.2, -0.15) is 0 Å². The highest BCUT2D eigenvalue weighted by Crippen LogP contribution is 2.31. The van der Waals surface area contributed by atoms with Gasteiger partial charge in [0.25, 0.3) is 0 Å². The highest BCUT2D eigenvalue weighted by Gasteiger charge is 2.45. The largest absolute Gasteiger partial charge is 0.391 e. The number of β-amino-alcohol motifs (C(OH)–C–C–N with tert-alkyl or cyclic N) is 1. The molecular formula is C30H42N4O4S. The molecule has 212 valence electrons. The molecule has 9 heteroatoms. The van der Waals surface area contributed by atoms with Crippen LogP contribution in [0.2, 0.25) is 0 Å². The molecule has 0 radical (unpaired) electrons. The summed E-state index contributed by atoms with van der Waals surface area (Å²) in [4.78, 5) is 47.0. The van der Waals surface area contributed by atoms with Crippen molar-refractivity contribution in [1.82, 2.24) is 20.5 Å². The first kappa shape index (κ1) is 29.2. The molecular weight excluding hydrogens is 512 g/mol. The van der Waals surface area contributed by atoms with Crippen LogP contribution in [-0.2, 0) is 20.9 Å². The third-order valence-corrected chi connectivity index (χ3v) is 9.06. The molecule has 2 aromatic rings. The summed E-state index contributed by atoms with van der Waals surface area (Å²) in [6.07, 6.45) is 3.07. The first-order chi connectivity index (χ1) is 18.4. The standard InChI is InChI=1S/C30H42N4O4S/c1-18-6-10-22(11-7-18)27(36)33-26(30(3,4)5)29(38)34-16-23(35)14-24(34)28(37)31-15-20-8-12-21(13-9-20)25-19(2)32-17-39-25/h8-9,12-13,17-18,22-24,26,35H,6-7,10-11,14-16H2,1-5H3,(H,31,37)(H,33,36)/t18?,22?,23-,24-,26+/m0/s1. The van der Waals surface area contributed by atoms with E-state index in [0.717, 1.165) is 47.4 Å². The molecule has 39 heavy (non-hydrogen) atoms. The summed E-state index contributed by atoms with van der Waals surface area (Å²) in [5.41, 5.74) is 4.28. The molecule has 3 N–H and O–H groups in total. The maximum Gasteiger partial charge on any atom is 0.246 e. The number of thiazole rings is 1. The highest BCUT2D eigenvalue weighted by atomic mass is 32.1. The van der Waals surface area contributed by atoms with Crippen LogP contribution in [0.1, 0.15) is 71.1 Å². The van der Waals surface area contributed by atoms with E-state index in [0.29, 0.717) is 12.5 Å². The van der Waals surface area contributed by atoms with E-state index in [1.165, 1.54) is 4.90 Å². The van der Waals surface area contributed by atoms with Gasteiger partial charge in [0.1, 0.15) is 12.1 Å². The van der Waals surface area contributed by atoms with Crippen molar-refractivity contribution >= 4 is 29.1 Å². The predicted molar refractivity (Wildman–Crippen MR) is 153 cm³/mol. The van der Waals surface area contributed by atoms with Gasteiger partial charge < -0.3 is 20.6 Å². The molecule has 1 saturated carbocycles. The molecule has 0 bridgehead atoms. The number of hydrogen-bond donors (Lipinski definition) is 3. The van der Waals surface area contributed by atoms with Crippen LogP contribution in [0, 0.1) is 24.2 Å². The predicted octanol–water partition coefficient (Wildman–Crippen LogP) is 4.05. The Bertz CT molecular complexity index is 1160. The van der Waals surface area contributed by atoms with Crippen molar-refractivity contribution in [3.63, 3.8) is 0 Å². The van der Waals surface area contributed by atoms with Crippen LogP contribution in [0.15, 0.2) is 29.8 Å². The number of aliphatic hydroxyl groups is 1. The fourth-order valence-corrected chi connectivity index (χ4v) is 6.37. The lowest BCUT2D eigenvalue weighted by atomic mass is 9.81. The van der Waals surface area contributed by atoms with Crippen molar-refractivity contribution in [2.24, 2.45) is 17.3 Å². The summed E-state index contributed by atoms with van der Waals surface area (Å²) >= 11 is 1.59. The van der Waals surface area contributed by atoms with Gasteiger partial charge >= 0.3 is 0 Å². The van der Waals surface area contributed by atoms with E-state index in [1.807, 2.05) is 57.5 Å². The van der Waals surface area contributed by atoms with Crippen molar-refractivity contribution in [2.75, 3.05) is 6.54 Å². The van der Waals surface area contributed by atoms with Crippen LogP contribution >= 0.6 is 11.3 Å². The molecule has 3 amide bonds.